The number of nitrogens with one attached hydrogen (secondary N) is 1. The predicted octanol–water partition coefficient (Wildman–Crippen LogP) is 4.46. The predicted molar refractivity (Wildman–Crippen MR) is 84.8 cm³/mol. The molecule has 1 aromatic carbocycles. The second-order valence-corrected chi connectivity index (χ2v) is 5.70. The van der Waals surface area contributed by atoms with Crippen LogP contribution in [-0.4, -0.2) is 16.2 Å². The monoisotopic (exact) mass is 336 g/mol. The van der Waals surface area contributed by atoms with E-state index in [0.29, 0.717) is 5.39 Å². The molecule has 2 heterocycles. The number of aromatic nitrogens is 2. The van der Waals surface area contributed by atoms with Gasteiger partial charge in [0.25, 0.3) is 0 Å². The van der Waals surface area contributed by atoms with Gasteiger partial charge in [0, 0.05) is 10.3 Å². The van der Waals surface area contributed by atoms with E-state index in [1.165, 1.54) is 17.4 Å². The van der Waals surface area contributed by atoms with Crippen molar-refractivity contribution in [3.8, 4) is 0 Å². The Morgan fingerprint density at radius 3 is 2.65 bits per heavy atom. The van der Waals surface area contributed by atoms with Crippen LogP contribution in [0.5, 0.6) is 0 Å². The van der Waals surface area contributed by atoms with Gasteiger partial charge in [-0.3, -0.25) is 5.43 Å². The number of aryl methyl sites for hydroxylation is 1. The minimum Gasteiger partial charge on any atom is -0.261 e. The van der Waals surface area contributed by atoms with Gasteiger partial charge in [0.2, 0.25) is 5.82 Å². The number of hydrogen-bond donors (Lipinski definition) is 1. The third-order valence-corrected chi connectivity index (χ3v) is 4.06. The first kappa shape index (κ1) is 15.4. The Hall–Kier alpha value is -2.48. The molecule has 0 amide bonds. The van der Waals surface area contributed by atoms with Crippen LogP contribution in [0.3, 0.4) is 0 Å². The second-order valence-electron chi connectivity index (χ2n) is 4.75. The van der Waals surface area contributed by atoms with Crippen LogP contribution in [0.25, 0.3) is 10.9 Å². The number of rotatable bonds is 3. The summed E-state index contributed by atoms with van der Waals surface area (Å²) in [4.78, 5) is 8.03. The van der Waals surface area contributed by atoms with E-state index in [1.807, 2.05) is 18.4 Å². The van der Waals surface area contributed by atoms with Gasteiger partial charge in [-0.2, -0.15) is 18.3 Å². The van der Waals surface area contributed by atoms with Crippen LogP contribution in [-0.2, 0) is 6.18 Å². The molecule has 0 aliphatic rings. The van der Waals surface area contributed by atoms with Gasteiger partial charge in [-0.05, 0) is 36.1 Å². The Morgan fingerprint density at radius 2 is 1.96 bits per heavy atom. The highest BCUT2D eigenvalue weighted by atomic mass is 32.1. The summed E-state index contributed by atoms with van der Waals surface area (Å²) in [6.45, 7) is 1.93. The molecule has 0 fully saturated rings. The van der Waals surface area contributed by atoms with Crippen molar-refractivity contribution >= 4 is 34.3 Å². The molecule has 0 spiro atoms. The van der Waals surface area contributed by atoms with Gasteiger partial charge in [-0.1, -0.05) is 12.1 Å². The summed E-state index contributed by atoms with van der Waals surface area (Å²) < 4.78 is 38.7. The fraction of sp³-hybridized carbons (Fsp3) is 0.133. The number of thiophene rings is 1. The number of alkyl halides is 3. The number of anilines is 1. The van der Waals surface area contributed by atoms with Crippen molar-refractivity contribution in [3.63, 3.8) is 0 Å². The minimum atomic E-state index is -4.62. The average molecular weight is 336 g/mol. The summed E-state index contributed by atoms with van der Waals surface area (Å²) in [6, 6.07) is 8.41. The van der Waals surface area contributed by atoms with E-state index in [0.717, 1.165) is 10.4 Å². The Bertz CT molecular complexity index is 871. The summed E-state index contributed by atoms with van der Waals surface area (Å²) in [5, 5.41) is 6.38. The number of halogens is 3. The molecule has 0 saturated carbocycles. The highest BCUT2D eigenvalue weighted by Gasteiger charge is 2.35. The molecule has 0 saturated heterocycles. The van der Waals surface area contributed by atoms with Crippen molar-refractivity contribution in [2.45, 2.75) is 13.1 Å². The molecule has 3 aromatic rings. The van der Waals surface area contributed by atoms with Crippen molar-refractivity contribution in [1.29, 1.82) is 0 Å². The summed E-state index contributed by atoms with van der Waals surface area (Å²) in [7, 11) is 0. The number of para-hydroxylation sites is 1. The first-order valence-corrected chi connectivity index (χ1v) is 7.50. The number of fused-ring (bicyclic) bond motifs is 1. The van der Waals surface area contributed by atoms with Crippen LogP contribution in [0.2, 0.25) is 0 Å². The number of hydrogen-bond acceptors (Lipinski definition) is 5. The van der Waals surface area contributed by atoms with Gasteiger partial charge in [0.05, 0.1) is 11.7 Å². The lowest BCUT2D eigenvalue weighted by atomic mass is 10.2. The van der Waals surface area contributed by atoms with Crippen LogP contribution in [0, 0.1) is 6.92 Å². The third-order valence-electron chi connectivity index (χ3n) is 3.11. The number of nitrogens with zero attached hydrogens (tertiary/aromatic N) is 3. The highest BCUT2D eigenvalue weighted by Crippen LogP contribution is 2.30. The second kappa shape index (κ2) is 5.96. The van der Waals surface area contributed by atoms with E-state index in [4.69, 9.17) is 0 Å². The van der Waals surface area contributed by atoms with E-state index in [9.17, 15) is 13.2 Å². The summed E-state index contributed by atoms with van der Waals surface area (Å²) in [5.74, 6) is -1.17. The lowest BCUT2D eigenvalue weighted by Gasteiger charge is -2.09. The molecule has 0 radical (unpaired) electrons. The van der Waals surface area contributed by atoms with E-state index in [2.05, 4.69) is 20.5 Å². The summed E-state index contributed by atoms with van der Waals surface area (Å²) in [5.41, 5.74) is 3.84. The van der Waals surface area contributed by atoms with Gasteiger partial charge in [0.1, 0.15) is 0 Å². The average Bonchev–Trinajstić information content (AvgIpc) is 2.91. The minimum absolute atomic E-state index is 0.0217. The molecule has 8 heteroatoms. The first-order chi connectivity index (χ1) is 10.9. The smallest absolute Gasteiger partial charge is 0.261 e. The van der Waals surface area contributed by atoms with E-state index in [-0.39, 0.29) is 11.3 Å². The highest BCUT2D eigenvalue weighted by molar-refractivity contribution is 7.11. The largest absolute Gasteiger partial charge is 0.451 e. The van der Waals surface area contributed by atoms with Crippen molar-refractivity contribution in [2.24, 2.45) is 5.10 Å². The van der Waals surface area contributed by atoms with E-state index >= 15 is 0 Å². The van der Waals surface area contributed by atoms with Gasteiger partial charge < -0.3 is 0 Å². The summed E-state index contributed by atoms with van der Waals surface area (Å²) in [6.07, 6.45) is -3.06. The van der Waals surface area contributed by atoms with E-state index < -0.39 is 12.0 Å². The van der Waals surface area contributed by atoms with Gasteiger partial charge in [-0.25, -0.2) is 9.97 Å². The van der Waals surface area contributed by atoms with Gasteiger partial charge in [0.15, 0.2) is 5.82 Å². The van der Waals surface area contributed by atoms with Gasteiger partial charge >= 0.3 is 6.18 Å². The lowest BCUT2D eigenvalue weighted by Crippen LogP contribution is -2.12. The fourth-order valence-corrected chi connectivity index (χ4v) is 2.74. The molecule has 2 aromatic heterocycles. The molecule has 0 unspecified atom stereocenters. The zero-order valence-corrected chi connectivity index (χ0v) is 12.7. The van der Waals surface area contributed by atoms with Crippen molar-refractivity contribution in [2.75, 3.05) is 5.43 Å². The zero-order chi connectivity index (χ0) is 16.4. The Balaban J connectivity index is 1.98. The first-order valence-electron chi connectivity index (χ1n) is 6.62. The molecule has 23 heavy (non-hydrogen) atoms. The van der Waals surface area contributed by atoms with Crippen molar-refractivity contribution in [1.82, 2.24) is 9.97 Å². The van der Waals surface area contributed by atoms with Crippen molar-refractivity contribution in [3.05, 3.63) is 52.0 Å². The van der Waals surface area contributed by atoms with Crippen LogP contribution >= 0.6 is 11.3 Å². The Labute approximate surface area is 133 Å². The van der Waals surface area contributed by atoms with E-state index in [1.54, 1.807) is 24.4 Å². The molecule has 0 atom stereocenters. The topological polar surface area (TPSA) is 50.2 Å². The molecule has 0 aliphatic heterocycles. The summed E-state index contributed by atoms with van der Waals surface area (Å²) >= 11 is 1.49. The molecular weight excluding hydrogens is 325 g/mol. The molecule has 0 bridgehead atoms. The zero-order valence-electron chi connectivity index (χ0n) is 11.9. The quantitative estimate of drug-likeness (QED) is 0.567. The molecular formula is C15H11F3N4S. The maximum atomic E-state index is 12.9. The third kappa shape index (κ3) is 3.31. The van der Waals surface area contributed by atoms with Crippen LogP contribution in [0.4, 0.5) is 19.0 Å². The SMILES string of the molecule is Cc1ccsc1/C=N\Nc1nc(C(F)(F)F)nc2ccccc12. The molecule has 3 rings (SSSR count). The van der Waals surface area contributed by atoms with Gasteiger partial charge in [-0.15, -0.1) is 11.3 Å². The van der Waals surface area contributed by atoms with Crippen molar-refractivity contribution < 1.29 is 13.2 Å². The lowest BCUT2D eigenvalue weighted by molar-refractivity contribution is -0.144. The number of benzene rings is 1. The normalized spacial score (nSPS) is 12.2. The standard InChI is InChI=1S/C15H11F3N4S/c1-9-6-7-23-12(9)8-19-22-13-10-4-2-3-5-11(10)20-14(21-13)15(16,17)18/h2-8H,1H3,(H,20,21,22)/b19-8-. The van der Waals surface area contributed by atoms with Crippen LogP contribution in [0.15, 0.2) is 40.8 Å². The molecule has 0 aliphatic carbocycles. The van der Waals surface area contributed by atoms with Crippen LogP contribution < -0.4 is 5.43 Å². The van der Waals surface area contributed by atoms with Crippen LogP contribution in [0.1, 0.15) is 16.3 Å². The molecule has 1 N–H and O–H groups in total. The molecule has 118 valence electrons. The Morgan fingerprint density at radius 1 is 1.17 bits per heavy atom. The maximum absolute atomic E-state index is 12.9. The number of hydrazone groups is 1. The molecule has 4 nitrogen and oxygen atoms in total. The maximum Gasteiger partial charge on any atom is 0.451 e. The Kier molecular flexibility index (Phi) is 3.99. The fourth-order valence-electron chi connectivity index (χ4n) is 1.96.